The third-order valence-electron chi connectivity index (χ3n) is 8.82. The summed E-state index contributed by atoms with van der Waals surface area (Å²) in [7, 11) is 0. The lowest BCUT2D eigenvalue weighted by molar-refractivity contribution is -0.224. The largest absolute Gasteiger partial charge is 0.445 e. The number of carbonyl (C=O) groups is 3. The number of thioether (sulfide) groups is 1. The summed E-state index contributed by atoms with van der Waals surface area (Å²) in [6.45, 7) is 8.85. The summed E-state index contributed by atoms with van der Waals surface area (Å²) in [4.78, 5) is 37.9. The fourth-order valence-electron chi connectivity index (χ4n) is 7.15. The van der Waals surface area contributed by atoms with Gasteiger partial charge in [-0.2, -0.15) is 0 Å². The van der Waals surface area contributed by atoms with Crippen molar-refractivity contribution in [1.29, 1.82) is 0 Å². The van der Waals surface area contributed by atoms with Crippen molar-refractivity contribution in [3.63, 3.8) is 0 Å². The molecule has 9 heteroatoms. The van der Waals surface area contributed by atoms with Gasteiger partial charge in [-0.25, -0.2) is 8.78 Å². The van der Waals surface area contributed by atoms with Crippen molar-refractivity contribution in [2.75, 3.05) is 5.21 Å². The fraction of sp³-hybridized carbons (Fsp3) is 0.640. The standard InChI is InChI=1S/C25H29ClF2O5S/c1-5-20(31)33-25(21(32)34-12-26)13(2)8-15-16-10-18(27)17-9-14(29)6-7-22(17,3)24(16,28)19(30)11-23(15,25)4/h6-7,9,15-16,18-19,30H,2,5,8,10-12H2,1,3-4H3/t15?,16?,18-,19-,22-,23-,24-,25-/m0/s1. The van der Waals surface area contributed by atoms with Gasteiger partial charge in [0, 0.05) is 23.2 Å². The first-order valence-corrected chi connectivity index (χ1v) is 12.9. The number of aliphatic hydroxyl groups excluding tert-OH is 1. The Bertz CT molecular complexity index is 1030. The molecule has 0 aromatic rings. The smallest absolute Gasteiger partial charge is 0.306 e. The first kappa shape index (κ1) is 25.6. The van der Waals surface area contributed by atoms with E-state index in [1.54, 1.807) is 13.8 Å². The molecule has 0 bridgehead atoms. The highest BCUT2D eigenvalue weighted by Gasteiger charge is 2.77. The number of carbonyl (C=O) groups excluding carboxylic acids is 3. The van der Waals surface area contributed by atoms with Crippen LogP contribution in [-0.4, -0.2) is 50.7 Å². The summed E-state index contributed by atoms with van der Waals surface area (Å²) < 4.78 is 38.6. The molecule has 0 amide bonds. The predicted octanol–water partition coefficient (Wildman–Crippen LogP) is 4.62. The number of ether oxygens (including phenoxy) is 1. The lowest BCUT2D eigenvalue weighted by Crippen LogP contribution is -2.70. The summed E-state index contributed by atoms with van der Waals surface area (Å²) in [5.41, 5.74) is -6.54. The molecule has 0 spiro atoms. The maximum Gasteiger partial charge on any atom is 0.306 e. The van der Waals surface area contributed by atoms with Crippen LogP contribution in [0.1, 0.15) is 46.5 Å². The zero-order valence-corrected chi connectivity index (χ0v) is 21.0. The Kier molecular flexibility index (Phi) is 6.22. The molecule has 4 aliphatic rings. The van der Waals surface area contributed by atoms with E-state index in [2.05, 4.69) is 6.58 Å². The Morgan fingerprint density at radius 1 is 1.35 bits per heavy atom. The maximum absolute atomic E-state index is 17.2. The normalized spacial score (nSPS) is 45.2. The second-order valence-corrected chi connectivity index (χ2v) is 11.7. The Balaban J connectivity index is 1.88. The second-order valence-electron chi connectivity index (χ2n) is 10.2. The van der Waals surface area contributed by atoms with Crippen molar-refractivity contribution in [3.8, 4) is 0 Å². The molecule has 2 unspecified atom stereocenters. The van der Waals surface area contributed by atoms with Gasteiger partial charge in [0.2, 0.25) is 10.7 Å². The first-order chi connectivity index (χ1) is 15.8. The number of alkyl halides is 3. The van der Waals surface area contributed by atoms with Crippen molar-refractivity contribution in [2.45, 2.75) is 70.0 Å². The van der Waals surface area contributed by atoms with Gasteiger partial charge in [0.25, 0.3) is 0 Å². The number of allylic oxidation sites excluding steroid dienone is 4. The van der Waals surface area contributed by atoms with E-state index >= 15 is 8.78 Å². The van der Waals surface area contributed by atoms with Gasteiger partial charge in [-0.1, -0.05) is 38.3 Å². The van der Waals surface area contributed by atoms with E-state index in [1.807, 2.05) is 0 Å². The third kappa shape index (κ3) is 3.03. The van der Waals surface area contributed by atoms with E-state index in [0.717, 1.165) is 17.8 Å². The summed E-state index contributed by atoms with van der Waals surface area (Å²) in [6, 6.07) is 0. The highest BCUT2D eigenvalue weighted by Crippen LogP contribution is 2.71. The average Bonchev–Trinajstić information content (AvgIpc) is 2.99. The summed E-state index contributed by atoms with van der Waals surface area (Å²) >= 11 is 6.60. The van der Waals surface area contributed by atoms with Crippen LogP contribution >= 0.6 is 23.4 Å². The van der Waals surface area contributed by atoms with Gasteiger partial charge < -0.3 is 9.84 Å². The zero-order valence-electron chi connectivity index (χ0n) is 19.4. The van der Waals surface area contributed by atoms with Crippen LogP contribution in [-0.2, 0) is 19.1 Å². The molecule has 34 heavy (non-hydrogen) atoms. The first-order valence-electron chi connectivity index (χ1n) is 11.4. The lowest BCUT2D eigenvalue weighted by Gasteiger charge is -2.63. The number of esters is 1. The van der Waals surface area contributed by atoms with E-state index in [0.29, 0.717) is 5.57 Å². The molecule has 3 fully saturated rings. The monoisotopic (exact) mass is 514 g/mol. The molecule has 0 heterocycles. The van der Waals surface area contributed by atoms with Crippen LogP contribution in [0.5, 0.6) is 0 Å². The molecule has 0 aromatic carbocycles. The second kappa shape index (κ2) is 8.27. The SMILES string of the molecule is C=C1CC2C3C[C@H](F)C4=CC(=O)C=C[C@]4(C)[C@@]3(F)[C@@H](O)C[C@]2(C)[C@@]1(OC(=O)CC)C(=O)SCCl. The molecule has 4 aliphatic carbocycles. The van der Waals surface area contributed by atoms with Crippen LogP contribution in [0.25, 0.3) is 0 Å². The van der Waals surface area contributed by atoms with Crippen LogP contribution in [0, 0.1) is 22.7 Å². The molecule has 0 radical (unpaired) electrons. The highest BCUT2D eigenvalue weighted by molar-refractivity contribution is 8.14. The predicted molar refractivity (Wildman–Crippen MR) is 126 cm³/mol. The van der Waals surface area contributed by atoms with Crippen LogP contribution in [0.15, 0.2) is 36.0 Å². The third-order valence-corrected chi connectivity index (χ3v) is 9.80. The minimum absolute atomic E-state index is 0.00519. The molecule has 5 nitrogen and oxygen atoms in total. The van der Waals surface area contributed by atoms with Gasteiger partial charge in [-0.05, 0) is 55.4 Å². The number of rotatable bonds is 4. The summed E-state index contributed by atoms with van der Waals surface area (Å²) in [5.74, 6) is -2.70. The number of hydrogen-bond donors (Lipinski definition) is 1. The topological polar surface area (TPSA) is 80.7 Å². The Morgan fingerprint density at radius 2 is 2.03 bits per heavy atom. The molecule has 4 rings (SSSR count). The molecular weight excluding hydrogens is 486 g/mol. The van der Waals surface area contributed by atoms with E-state index in [4.69, 9.17) is 16.3 Å². The van der Waals surface area contributed by atoms with E-state index < -0.39 is 63.1 Å². The zero-order chi connectivity index (χ0) is 25.3. The maximum atomic E-state index is 17.2. The molecule has 1 N–H and O–H groups in total. The molecule has 0 saturated heterocycles. The Hall–Kier alpha value is -1.51. The van der Waals surface area contributed by atoms with E-state index in [1.165, 1.54) is 19.1 Å². The van der Waals surface area contributed by atoms with Crippen molar-refractivity contribution < 1.29 is 33.0 Å². The van der Waals surface area contributed by atoms with Crippen LogP contribution in [0.4, 0.5) is 8.78 Å². The lowest BCUT2D eigenvalue weighted by atomic mass is 9.44. The quantitative estimate of drug-likeness (QED) is 0.335. The molecule has 8 atom stereocenters. The minimum atomic E-state index is -2.30. The van der Waals surface area contributed by atoms with Gasteiger partial charge in [0.1, 0.15) is 6.17 Å². The van der Waals surface area contributed by atoms with Crippen molar-refractivity contribution in [3.05, 3.63) is 36.0 Å². The number of fused-ring (bicyclic) bond motifs is 5. The summed E-state index contributed by atoms with van der Waals surface area (Å²) in [5, 5.41) is 10.8. The molecule has 3 saturated carbocycles. The van der Waals surface area contributed by atoms with Crippen molar-refractivity contribution >= 4 is 40.2 Å². The molecular formula is C25H29ClF2O5S. The van der Waals surface area contributed by atoms with Crippen molar-refractivity contribution in [2.24, 2.45) is 22.7 Å². The van der Waals surface area contributed by atoms with Crippen LogP contribution in [0.2, 0.25) is 0 Å². The number of aliphatic hydroxyl groups is 1. The Labute approximate surface area is 207 Å². The molecule has 0 aliphatic heterocycles. The van der Waals surface area contributed by atoms with Crippen LogP contribution in [0.3, 0.4) is 0 Å². The number of halogens is 3. The van der Waals surface area contributed by atoms with E-state index in [-0.39, 0.29) is 36.5 Å². The molecule has 0 aromatic heterocycles. The van der Waals surface area contributed by atoms with Crippen LogP contribution < -0.4 is 0 Å². The van der Waals surface area contributed by atoms with Gasteiger partial charge >= 0.3 is 5.97 Å². The highest BCUT2D eigenvalue weighted by atomic mass is 35.5. The number of ketones is 1. The fourth-order valence-corrected chi connectivity index (χ4v) is 8.17. The van der Waals surface area contributed by atoms with Gasteiger partial charge in [0.15, 0.2) is 11.5 Å². The Morgan fingerprint density at radius 3 is 2.65 bits per heavy atom. The molecule has 186 valence electrons. The van der Waals surface area contributed by atoms with Crippen molar-refractivity contribution in [1.82, 2.24) is 0 Å². The van der Waals surface area contributed by atoms with Gasteiger partial charge in [0.05, 0.1) is 11.3 Å². The van der Waals surface area contributed by atoms with E-state index in [9.17, 15) is 19.5 Å². The average molecular weight is 515 g/mol. The minimum Gasteiger partial charge on any atom is -0.445 e. The summed E-state index contributed by atoms with van der Waals surface area (Å²) in [6.07, 6.45) is 0.147. The number of hydrogen-bond acceptors (Lipinski definition) is 6. The van der Waals surface area contributed by atoms with Gasteiger partial charge in [-0.3, -0.25) is 14.4 Å². The van der Waals surface area contributed by atoms with Gasteiger partial charge in [-0.15, -0.1) is 11.6 Å².